The van der Waals surface area contributed by atoms with Gasteiger partial charge in [0.25, 0.3) is 0 Å². The lowest BCUT2D eigenvalue weighted by atomic mass is 9.86. The van der Waals surface area contributed by atoms with Crippen LogP contribution < -0.4 is 9.47 Å². The van der Waals surface area contributed by atoms with Crippen LogP contribution in [0.2, 0.25) is 0 Å². The number of phenolic OH excluding ortho intramolecular Hbond substituents is 1. The molecule has 0 bridgehead atoms. The first-order chi connectivity index (χ1) is 8.29. The summed E-state index contributed by atoms with van der Waals surface area (Å²) in [6.45, 7) is 5.79. The smallest absolute Gasteiger partial charge is 0.348 e. The van der Waals surface area contributed by atoms with Crippen molar-refractivity contribution in [2.75, 3.05) is 6.61 Å². The Morgan fingerprint density at radius 2 is 2.00 bits per heavy atom. The van der Waals surface area contributed by atoms with E-state index in [-0.39, 0.29) is 17.8 Å². The van der Waals surface area contributed by atoms with Crippen LogP contribution in [-0.2, 0) is 10.2 Å². The van der Waals surface area contributed by atoms with Crippen molar-refractivity contribution in [2.45, 2.75) is 32.3 Å². The van der Waals surface area contributed by atoms with E-state index >= 15 is 0 Å². The minimum atomic E-state index is -1.06. The third-order valence-electron chi connectivity index (χ3n) is 2.80. The minimum absolute atomic E-state index is 0.0589. The SMILES string of the molecule is CC(C)(C)c1cc2c(cc1O)OCC(C(=O)O)O2. The van der Waals surface area contributed by atoms with Crippen molar-refractivity contribution in [1.82, 2.24) is 0 Å². The maximum atomic E-state index is 10.9. The van der Waals surface area contributed by atoms with E-state index in [1.165, 1.54) is 6.07 Å². The van der Waals surface area contributed by atoms with E-state index in [9.17, 15) is 9.90 Å². The summed E-state index contributed by atoms with van der Waals surface area (Å²) in [6, 6.07) is 3.10. The number of carboxylic acids is 1. The number of rotatable bonds is 1. The Morgan fingerprint density at radius 1 is 1.33 bits per heavy atom. The molecule has 98 valence electrons. The van der Waals surface area contributed by atoms with Gasteiger partial charge in [-0.25, -0.2) is 4.79 Å². The van der Waals surface area contributed by atoms with Gasteiger partial charge in [-0.15, -0.1) is 0 Å². The molecule has 5 heteroatoms. The van der Waals surface area contributed by atoms with Crippen molar-refractivity contribution >= 4 is 5.97 Å². The highest BCUT2D eigenvalue weighted by Gasteiger charge is 2.29. The number of hydrogen-bond donors (Lipinski definition) is 2. The molecule has 0 saturated heterocycles. The summed E-state index contributed by atoms with van der Waals surface area (Å²) in [4.78, 5) is 10.9. The molecule has 1 aromatic rings. The van der Waals surface area contributed by atoms with Crippen LogP contribution in [0.5, 0.6) is 17.2 Å². The van der Waals surface area contributed by atoms with E-state index in [1.54, 1.807) is 6.07 Å². The Balaban J connectivity index is 2.42. The summed E-state index contributed by atoms with van der Waals surface area (Å²) in [5.74, 6) is -0.209. The number of aliphatic carboxylic acids is 1. The Labute approximate surface area is 105 Å². The zero-order valence-electron chi connectivity index (χ0n) is 10.6. The quantitative estimate of drug-likeness (QED) is 0.798. The van der Waals surface area contributed by atoms with Gasteiger partial charge in [0.05, 0.1) is 0 Å². The maximum absolute atomic E-state index is 10.9. The third-order valence-corrected chi connectivity index (χ3v) is 2.80. The molecule has 0 spiro atoms. The summed E-state index contributed by atoms with van der Waals surface area (Å²) < 4.78 is 10.6. The van der Waals surface area contributed by atoms with Crippen LogP contribution in [0.4, 0.5) is 0 Å². The highest BCUT2D eigenvalue weighted by molar-refractivity contribution is 5.73. The second kappa shape index (κ2) is 4.08. The predicted molar refractivity (Wildman–Crippen MR) is 64.4 cm³/mol. The van der Waals surface area contributed by atoms with Gasteiger partial charge in [-0.05, 0) is 11.5 Å². The molecule has 0 fully saturated rings. The monoisotopic (exact) mass is 252 g/mol. The van der Waals surface area contributed by atoms with Gasteiger partial charge in [0.2, 0.25) is 6.10 Å². The molecule has 1 atom stereocenters. The maximum Gasteiger partial charge on any atom is 0.348 e. The molecule has 2 N–H and O–H groups in total. The Bertz CT molecular complexity index is 487. The van der Waals surface area contributed by atoms with Gasteiger partial charge >= 0.3 is 5.97 Å². The molecule has 1 aliphatic heterocycles. The van der Waals surface area contributed by atoms with Gasteiger partial charge in [0.1, 0.15) is 12.4 Å². The second-order valence-electron chi connectivity index (χ2n) is 5.32. The minimum Gasteiger partial charge on any atom is -0.508 e. The van der Waals surface area contributed by atoms with Crippen molar-refractivity contribution in [3.63, 3.8) is 0 Å². The van der Waals surface area contributed by atoms with Gasteiger partial charge in [0, 0.05) is 11.6 Å². The van der Waals surface area contributed by atoms with Gasteiger partial charge in [-0.1, -0.05) is 20.8 Å². The fraction of sp³-hybridized carbons (Fsp3) is 0.462. The molecule has 1 aliphatic rings. The molecule has 1 unspecified atom stereocenters. The van der Waals surface area contributed by atoms with E-state index in [2.05, 4.69) is 0 Å². The highest BCUT2D eigenvalue weighted by Crippen LogP contribution is 2.41. The lowest BCUT2D eigenvalue weighted by Crippen LogP contribution is -2.36. The molecular formula is C13H16O5. The predicted octanol–water partition coefficient (Wildman–Crippen LogP) is 1.91. The van der Waals surface area contributed by atoms with Crippen molar-refractivity contribution in [2.24, 2.45) is 0 Å². The zero-order valence-corrected chi connectivity index (χ0v) is 10.6. The molecule has 5 nitrogen and oxygen atoms in total. The van der Waals surface area contributed by atoms with Crippen LogP contribution in [0.25, 0.3) is 0 Å². The molecule has 1 aromatic carbocycles. The van der Waals surface area contributed by atoms with Crippen molar-refractivity contribution in [1.29, 1.82) is 0 Å². The topological polar surface area (TPSA) is 76.0 Å². The number of aromatic hydroxyl groups is 1. The molecular weight excluding hydrogens is 236 g/mol. The molecule has 0 aromatic heterocycles. The third kappa shape index (κ3) is 2.20. The largest absolute Gasteiger partial charge is 0.508 e. The summed E-state index contributed by atoms with van der Waals surface area (Å²) in [6.07, 6.45) is -1.00. The molecule has 2 rings (SSSR count). The first kappa shape index (κ1) is 12.5. The number of benzene rings is 1. The van der Waals surface area contributed by atoms with Crippen LogP contribution in [0, 0.1) is 0 Å². The van der Waals surface area contributed by atoms with Crippen LogP contribution >= 0.6 is 0 Å². The van der Waals surface area contributed by atoms with Gasteiger partial charge in [-0.3, -0.25) is 0 Å². The number of ether oxygens (including phenoxy) is 2. The summed E-state index contributed by atoms with van der Waals surface area (Å²) in [5, 5.41) is 18.8. The van der Waals surface area contributed by atoms with Gasteiger partial charge in [0.15, 0.2) is 11.5 Å². The average molecular weight is 252 g/mol. The Hall–Kier alpha value is -1.91. The fourth-order valence-electron chi connectivity index (χ4n) is 1.83. The molecule has 0 aliphatic carbocycles. The molecule has 0 radical (unpaired) electrons. The second-order valence-corrected chi connectivity index (χ2v) is 5.32. The van der Waals surface area contributed by atoms with Crippen LogP contribution in [0.1, 0.15) is 26.3 Å². The zero-order chi connectivity index (χ0) is 13.5. The van der Waals surface area contributed by atoms with E-state index in [1.807, 2.05) is 20.8 Å². The first-order valence-electron chi connectivity index (χ1n) is 5.69. The molecule has 0 amide bonds. The van der Waals surface area contributed by atoms with E-state index in [0.29, 0.717) is 17.1 Å². The Morgan fingerprint density at radius 3 is 2.56 bits per heavy atom. The highest BCUT2D eigenvalue weighted by atomic mass is 16.6. The van der Waals surface area contributed by atoms with Gasteiger partial charge < -0.3 is 19.7 Å². The lowest BCUT2D eigenvalue weighted by Gasteiger charge is -2.27. The molecule has 0 saturated carbocycles. The number of carboxylic acid groups (broad SMARTS) is 1. The first-order valence-corrected chi connectivity index (χ1v) is 5.69. The summed E-state index contributed by atoms with van der Waals surface area (Å²) in [7, 11) is 0. The van der Waals surface area contributed by atoms with E-state index < -0.39 is 12.1 Å². The molecule has 18 heavy (non-hydrogen) atoms. The normalized spacial score (nSPS) is 18.5. The number of phenols is 1. The van der Waals surface area contributed by atoms with Gasteiger partial charge in [-0.2, -0.15) is 0 Å². The number of carbonyl (C=O) groups is 1. The van der Waals surface area contributed by atoms with E-state index in [0.717, 1.165) is 0 Å². The Kier molecular flexibility index (Phi) is 2.84. The van der Waals surface area contributed by atoms with Crippen molar-refractivity contribution < 1.29 is 24.5 Å². The van der Waals surface area contributed by atoms with Crippen LogP contribution in [0.3, 0.4) is 0 Å². The van der Waals surface area contributed by atoms with Crippen LogP contribution in [-0.4, -0.2) is 28.9 Å². The number of fused-ring (bicyclic) bond motifs is 1. The summed E-state index contributed by atoms with van der Waals surface area (Å²) in [5.41, 5.74) is 0.425. The average Bonchev–Trinajstić information content (AvgIpc) is 2.25. The van der Waals surface area contributed by atoms with Crippen LogP contribution in [0.15, 0.2) is 12.1 Å². The van der Waals surface area contributed by atoms with Crippen molar-refractivity contribution in [3.05, 3.63) is 17.7 Å². The molecule has 1 heterocycles. The fourth-order valence-corrected chi connectivity index (χ4v) is 1.83. The summed E-state index contributed by atoms with van der Waals surface area (Å²) >= 11 is 0. The standard InChI is InChI=1S/C13H16O5/c1-13(2,3)7-4-10-9(5-8(7)14)17-6-11(18-10)12(15)16/h4-5,11,14H,6H2,1-3H3,(H,15,16). The lowest BCUT2D eigenvalue weighted by molar-refractivity contribution is -0.147. The number of hydrogen-bond acceptors (Lipinski definition) is 4. The van der Waals surface area contributed by atoms with Crippen molar-refractivity contribution in [3.8, 4) is 17.2 Å². The van der Waals surface area contributed by atoms with E-state index in [4.69, 9.17) is 14.6 Å².